The van der Waals surface area contributed by atoms with Gasteiger partial charge in [-0.05, 0) is 52.4 Å². The van der Waals surface area contributed by atoms with Crippen molar-refractivity contribution in [3.8, 4) is 0 Å². The monoisotopic (exact) mass is 460 g/mol. The smallest absolute Gasteiger partial charge is 0.0859 e. The summed E-state index contributed by atoms with van der Waals surface area (Å²) in [5.41, 5.74) is 0. The molecule has 32 heavy (non-hydrogen) atoms. The number of hydrogen-bond acceptors (Lipinski definition) is 7. The van der Waals surface area contributed by atoms with Crippen molar-refractivity contribution in [3.05, 3.63) is 38.5 Å². The van der Waals surface area contributed by atoms with Crippen LogP contribution >= 0.6 is 0 Å². The molecule has 4 aliphatic heterocycles. The fraction of sp³-hybridized carbons (Fsp3) is 0.760. The largest absolute Gasteiger partial charge is 0.505 e. The van der Waals surface area contributed by atoms with Gasteiger partial charge in [0.05, 0.1) is 64.5 Å². The molecule has 2 atom stereocenters. The van der Waals surface area contributed by atoms with Crippen LogP contribution in [0, 0.1) is 0 Å². The molecule has 4 aliphatic rings. The quantitative estimate of drug-likeness (QED) is 0.518. The van der Waals surface area contributed by atoms with E-state index in [1.165, 1.54) is 44.5 Å². The van der Waals surface area contributed by atoms with Gasteiger partial charge in [0.2, 0.25) is 0 Å². The average molecular weight is 461 g/mol. The molecule has 2 unspecified atom stereocenters. The van der Waals surface area contributed by atoms with E-state index in [0.717, 1.165) is 39.3 Å². The maximum absolute atomic E-state index is 5.47. The molecule has 4 fully saturated rings. The Hall–Kier alpha value is -1.54. The van der Waals surface area contributed by atoms with Crippen LogP contribution in [0.5, 0.6) is 0 Å². The minimum absolute atomic E-state index is 0.454. The minimum Gasteiger partial charge on any atom is -0.505 e. The molecule has 0 aromatic rings. The van der Waals surface area contributed by atoms with Crippen molar-refractivity contribution in [1.82, 2.24) is 0 Å². The lowest BCUT2D eigenvalue weighted by Gasteiger charge is -2.03. The summed E-state index contributed by atoms with van der Waals surface area (Å²) >= 11 is 0. The van der Waals surface area contributed by atoms with E-state index in [1.54, 1.807) is 21.3 Å². The van der Waals surface area contributed by atoms with Gasteiger partial charge in [0.1, 0.15) is 0 Å². The van der Waals surface area contributed by atoms with Gasteiger partial charge in [-0.3, -0.25) is 0 Å². The van der Waals surface area contributed by atoms with E-state index in [1.807, 2.05) is 13.8 Å². The van der Waals surface area contributed by atoms with Crippen LogP contribution in [0.25, 0.3) is 0 Å². The number of fused-ring (bicyclic) bond motifs is 3. The first-order valence-electron chi connectivity index (χ1n) is 11.5. The Kier molecular flexibility index (Phi) is 26.2. The molecule has 4 rings (SSSR count). The van der Waals surface area contributed by atoms with Gasteiger partial charge < -0.3 is 33.2 Å². The zero-order chi connectivity index (χ0) is 24.5. The lowest BCUT2D eigenvalue weighted by Crippen LogP contribution is -2.13. The van der Waals surface area contributed by atoms with Crippen molar-refractivity contribution in [2.75, 3.05) is 47.8 Å². The van der Waals surface area contributed by atoms with Gasteiger partial charge >= 0.3 is 0 Å². The zero-order valence-corrected chi connectivity index (χ0v) is 21.1. The maximum atomic E-state index is 5.47. The van der Waals surface area contributed by atoms with Crippen LogP contribution in [-0.4, -0.2) is 72.2 Å². The second-order valence-electron chi connectivity index (χ2n) is 6.92. The number of rotatable bonds is 5. The summed E-state index contributed by atoms with van der Waals surface area (Å²) in [7, 11) is 4.69. The van der Waals surface area contributed by atoms with Gasteiger partial charge in [-0.25, -0.2) is 0 Å². The van der Waals surface area contributed by atoms with Crippen LogP contribution in [0.15, 0.2) is 38.5 Å². The summed E-state index contributed by atoms with van der Waals surface area (Å²) in [5.74, 6) is 0. The molecule has 0 saturated carbocycles. The molecule has 0 radical (unpaired) electrons. The van der Waals surface area contributed by atoms with Gasteiger partial charge in [0.25, 0.3) is 0 Å². The Bertz CT molecular complexity index is 358. The second-order valence-corrected chi connectivity index (χ2v) is 6.92. The Labute approximate surface area is 196 Å². The van der Waals surface area contributed by atoms with Gasteiger partial charge in [-0.2, -0.15) is 0 Å². The van der Waals surface area contributed by atoms with E-state index >= 15 is 0 Å². The van der Waals surface area contributed by atoms with Crippen LogP contribution in [0.1, 0.15) is 52.4 Å². The molecule has 0 aliphatic carbocycles. The van der Waals surface area contributed by atoms with Crippen LogP contribution < -0.4 is 0 Å². The topological polar surface area (TPSA) is 64.6 Å². The summed E-state index contributed by atoms with van der Waals surface area (Å²) in [6.45, 7) is 17.3. The molecule has 0 aromatic carbocycles. The molecule has 4 heterocycles. The lowest BCUT2D eigenvalue weighted by molar-refractivity contribution is 0.0732. The summed E-state index contributed by atoms with van der Waals surface area (Å²) in [6, 6.07) is 0. The fourth-order valence-electron chi connectivity index (χ4n) is 3.20. The average Bonchev–Trinajstić information content (AvgIpc) is 3.64. The lowest BCUT2D eigenvalue weighted by atomic mass is 10.0. The Balaban J connectivity index is 0. The summed E-state index contributed by atoms with van der Waals surface area (Å²) in [4.78, 5) is 0. The molecular formula is C25H48O7. The predicted octanol–water partition coefficient (Wildman–Crippen LogP) is 5.26. The van der Waals surface area contributed by atoms with Gasteiger partial charge in [0.15, 0.2) is 0 Å². The van der Waals surface area contributed by atoms with Crippen molar-refractivity contribution in [2.45, 2.75) is 76.8 Å². The molecule has 2 bridgehead atoms. The van der Waals surface area contributed by atoms with Crippen LogP contribution in [0.3, 0.4) is 0 Å². The highest BCUT2D eigenvalue weighted by Gasteiger charge is 2.33. The molecular weight excluding hydrogens is 412 g/mol. The molecule has 0 spiro atoms. The normalized spacial score (nSPS) is 25.0. The van der Waals surface area contributed by atoms with Gasteiger partial charge in [0, 0.05) is 26.4 Å². The third kappa shape index (κ3) is 19.2. The molecule has 4 saturated heterocycles. The minimum atomic E-state index is 0.454. The third-order valence-corrected chi connectivity index (χ3v) is 4.80. The van der Waals surface area contributed by atoms with Crippen molar-refractivity contribution < 1.29 is 33.2 Å². The second kappa shape index (κ2) is 25.7. The van der Waals surface area contributed by atoms with Crippen molar-refractivity contribution >= 4 is 0 Å². The van der Waals surface area contributed by atoms with Crippen molar-refractivity contribution in [3.63, 3.8) is 0 Å². The SMILES string of the molecule is C1CC2CCC1O2.C1CC2OCCC2O1.C=COC.C=COC.C=COC.CCOCC. The Morgan fingerprint density at radius 3 is 1.12 bits per heavy atom. The first kappa shape index (κ1) is 32.6. The summed E-state index contributed by atoms with van der Waals surface area (Å²) < 4.78 is 33.9. The van der Waals surface area contributed by atoms with E-state index in [4.69, 9.17) is 18.9 Å². The highest BCUT2D eigenvalue weighted by molar-refractivity contribution is 4.82. The zero-order valence-electron chi connectivity index (χ0n) is 21.1. The summed E-state index contributed by atoms with van der Waals surface area (Å²) in [5, 5.41) is 0. The van der Waals surface area contributed by atoms with Gasteiger partial charge in [-0.1, -0.05) is 19.7 Å². The number of methoxy groups -OCH3 is 3. The van der Waals surface area contributed by atoms with Crippen LogP contribution in [0.4, 0.5) is 0 Å². The van der Waals surface area contributed by atoms with Crippen LogP contribution in [-0.2, 0) is 33.2 Å². The predicted molar refractivity (Wildman–Crippen MR) is 130 cm³/mol. The van der Waals surface area contributed by atoms with Crippen LogP contribution in [0.2, 0.25) is 0 Å². The standard InChI is InChI=1S/C6H10O2.C6H10O.C4H10O.3C3H6O/c1-3-7-6-2-4-8-5(1)6;1-2-6-4-3-5(1)7-6;1-3-5-4-2;3*1-3-4-2/h5-6H,1-4H2;5-6H,1-4H2;3-4H2,1-2H3;3*3H,1H2,2H3. The highest BCUT2D eigenvalue weighted by atomic mass is 16.6. The molecule has 0 amide bonds. The van der Waals surface area contributed by atoms with E-state index in [9.17, 15) is 0 Å². The van der Waals surface area contributed by atoms with E-state index in [2.05, 4.69) is 33.9 Å². The molecule has 0 aromatic heterocycles. The molecule has 190 valence electrons. The third-order valence-electron chi connectivity index (χ3n) is 4.80. The molecule has 0 N–H and O–H groups in total. The fourth-order valence-corrected chi connectivity index (χ4v) is 3.20. The molecule has 7 heteroatoms. The Morgan fingerprint density at radius 2 is 0.969 bits per heavy atom. The van der Waals surface area contributed by atoms with E-state index in [0.29, 0.717) is 24.4 Å². The summed E-state index contributed by atoms with van der Waals surface area (Å²) in [6.07, 6.45) is 14.0. The van der Waals surface area contributed by atoms with E-state index in [-0.39, 0.29) is 0 Å². The molecule has 7 nitrogen and oxygen atoms in total. The van der Waals surface area contributed by atoms with Gasteiger partial charge in [-0.15, -0.1) is 0 Å². The van der Waals surface area contributed by atoms with Crippen molar-refractivity contribution in [1.29, 1.82) is 0 Å². The highest BCUT2D eigenvalue weighted by Crippen LogP contribution is 2.33. The number of hydrogen-bond donors (Lipinski definition) is 0. The first-order valence-corrected chi connectivity index (χ1v) is 11.5. The number of ether oxygens (including phenoxy) is 7. The van der Waals surface area contributed by atoms with Crippen molar-refractivity contribution in [2.24, 2.45) is 0 Å². The first-order chi connectivity index (χ1) is 15.6. The Morgan fingerprint density at radius 1 is 0.656 bits per heavy atom. The maximum Gasteiger partial charge on any atom is 0.0859 e. The van der Waals surface area contributed by atoms with E-state index < -0.39 is 0 Å².